The van der Waals surface area contributed by atoms with Crippen molar-refractivity contribution in [2.24, 2.45) is 5.16 Å². The highest BCUT2D eigenvalue weighted by molar-refractivity contribution is 5.25. The molecular weight excluding hydrogens is 114 g/mol. The summed E-state index contributed by atoms with van der Waals surface area (Å²) in [5, 5.41) is 3.26. The van der Waals surface area contributed by atoms with Crippen molar-refractivity contribution in [3.8, 4) is 5.75 Å². The summed E-state index contributed by atoms with van der Waals surface area (Å²) in [4.78, 5) is 4.72. The van der Waals surface area contributed by atoms with Crippen LogP contribution in [0.1, 0.15) is 0 Å². The first-order chi connectivity index (χ1) is 4.43. The van der Waals surface area contributed by atoms with Gasteiger partial charge in [0.1, 0.15) is 0 Å². The minimum atomic E-state index is 0.715. The molecule has 1 aromatic rings. The Labute approximate surface area is 53.8 Å². The molecule has 0 atom stereocenters. The van der Waals surface area contributed by atoms with E-state index in [0.717, 1.165) is 0 Å². The van der Waals surface area contributed by atoms with Crippen LogP contribution in [0.4, 0.5) is 0 Å². The molecule has 0 bridgehead atoms. The zero-order valence-electron chi connectivity index (χ0n) is 4.95. The van der Waals surface area contributed by atoms with Gasteiger partial charge in [-0.1, -0.05) is 23.4 Å². The summed E-state index contributed by atoms with van der Waals surface area (Å²) in [6.07, 6.45) is 0. The molecule has 0 spiro atoms. The fraction of sp³-hybridized carbons (Fsp3) is 0. The monoisotopic (exact) mass is 121 g/mol. The van der Waals surface area contributed by atoms with Crippen molar-refractivity contribution in [2.75, 3.05) is 0 Å². The second-order valence-corrected chi connectivity index (χ2v) is 1.53. The summed E-state index contributed by atoms with van der Waals surface area (Å²) in [5.41, 5.74) is 0. The van der Waals surface area contributed by atoms with Gasteiger partial charge >= 0.3 is 0 Å². The van der Waals surface area contributed by atoms with E-state index in [4.69, 9.17) is 4.84 Å². The maximum absolute atomic E-state index is 4.72. The molecule has 46 valence electrons. The molecule has 0 saturated carbocycles. The van der Waals surface area contributed by atoms with Gasteiger partial charge in [-0.25, -0.2) is 0 Å². The Morgan fingerprint density at radius 2 is 1.89 bits per heavy atom. The number of para-hydroxylation sites is 1. The first-order valence-corrected chi connectivity index (χ1v) is 2.61. The van der Waals surface area contributed by atoms with Crippen LogP contribution >= 0.6 is 0 Å². The Hall–Kier alpha value is -1.31. The number of nitrogens with zero attached hydrogens (tertiary/aromatic N) is 1. The predicted octanol–water partition coefficient (Wildman–Crippen LogP) is 1.68. The molecule has 1 rings (SSSR count). The molecule has 0 aliphatic carbocycles. The van der Waals surface area contributed by atoms with Crippen LogP contribution in [-0.2, 0) is 0 Å². The van der Waals surface area contributed by atoms with E-state index in [1.807, 2.05) is 30.3 Å². The molecule has 0 heterocycles. The van der Waals surface area contributed by atoms with E-state index >= 15 is 0 Å². The fourth-order valence-electron chi connectivity index (χ4n) is 0.556. The SMILES string of the molecule is C=NOc1ccccc1. The molecule has 0 aliphatic heterocycles. The number of benzene rings is 1. The maximum atomic E-state index is 4.72. The highest BCUT2D eigenvalue weighted by atomic mass is 16.6. The van der Waals surface area contributed by atoms with Gasteiger partial charge in [-0.3, -0.25) is 0 Å². The minimum Gasteiger partial charge on any atom is -0.358 e. The van der Waals surface area contributed by atoms with E-state index in [2.05, 4.69) is 11.9 Å². The van der Waals surface area contributed by atoms with Crippen LogP contribution in [0.25, 0.3) is 0 Å². The van der Waals surface area contributed by atoms with Crippen molar-refractivity contribution >= 4 is 6.72 Å². The zero-order chi connectivity index (χ0) is 6.53. The van der Waals surface area contributed by atoms with Crippen LogP contribution in [-0.4, -0.2) is 6.72 Å². The molecule has 2 heteroatoms. The summed E-state index contributed by atoms with van der Waals surface area (Å²) < 4.78 is 0. The van der Waals surface area contributed by atoms with Gasteiger partial charge in [0, 0.05) is 6.72 Å². The van der Waals surface area contributed by atoms with Crippen LogP contribution in [0, 0.1) is 0 Å². The molecule has 0 unspecified atom stereocenters. The van der Waals surface area contributed by atoms with E-state index in [0.29, 0.717) is 5.75 Å². The van der Waals surface area contributed by atoms with E-state index < -0.39 is 0 Å². The van der Waals surface area contributed by atoms with E-state index in [9.17, 15) is 0 Å². The average Bonchev–Trinajstić information content (AvgIpc) is 1.91. The molecular formula is C7H7NO. The lowest BCUT2D eigenvalue weighted by Crippen LogP contribution is -1.77. The highest BCUT2D eigenvalue weighted by Crippen LogP contribution is 2.07. The summed E-state index contributed by atoms with van der Waals surface area (Å²) >= 11 is 0. The zero-order valence-corrected chi connectivity index (χ0v) is 4.95. The van der Waals surface area contributed by atoms with Crippen LogP contribution in [0.2, 0.25) is 0 Å². The third-order valence-corrected chi connectivity index (χ3v) is 0.913. The number of hydrogen-bond donors (Lipinski definition) is 0. The first-order valence-electron chi connectivity index (χ1n) is 2.61. The number of hydrogen-bond acceptors (Lipinski definition) is 2. The summed E-state index contributed by atoms with van der Waals surface area (Å²) in [6, 6.07) is 9.29. The molecule has 0 N–H and O–H groups in total. The Bertz CT molecular complexity index is 183. The molecule has 1 aromatic carbocycles. The van der Waals surface area contributed by atoms with Gasteiger partial charge in [0.2, 0.25) is 0 Å². The van der Waals surface area contributed by atoms with Crippen molar-refractivity contribution in [3.63, 3.8) is 0 Å². The molecule has 2 nitrogen and oxygen atoms in total. The summed E-state index contributed by atoms with van der Waals surface area (Å²) in [7, 11) is 0. The van der Waals surface area contributed by atoms with E-state index in [1.54, 1.807) is 0 Å². The minimum absolute atomic E-state index is 0.715. The normalized spacial score (nSPS) is 8.44. The number of rotatable bonds is 2. The summed E-state index contributed by atoms with van der Waals surface area (Å²) in [5.74, 6) is 0.715. The third-order valence-electron chi connectivity index (χ3n) is 0.913. The van der Waals surface area contributed by atoms with E-state index in [-0.39, 0.29) is 0 Å². The molecule has 0 amide bonds. The fourth-order valence-corrected chi connectivity index (χ4v) is 0.556. The van der Waals surface area contributed by atoms with E-state index in [1.165, 1.54) is 0 Å². The Morgan fingerprint density at radius 1 is 1.22 bits per heavy atom. The van der Waals surface area contributed by atoms with Crippen molar-refractivity contribution in [1.82, 2.24) is 0 Å². The van der Waals surface area contributed by atoms with Crippen molar-refractivity contribution in [1.29, 1.82) is 0 Å². The Morgan fingerprint density at radius 3 is 2.44 bits per heavy atom. The van der Waals surface area contributed by atoms with Crippen molar-refractivity contribution in [3.05, 3.63) is 30.3 Å². The molecule has 9 heavy (non-hydrogen) atoms. The quantitative estimate of drug-likeness (QED) is 0.431. The topological polar surface area (TPSA) is 21.6 Å². The molecule has 0 radical (unpaired) electrons. The standard InChI is InChI=1S/C7H7NO/c1-8-9-7-5-3-2-4-6-7/h2-6H,1H2. The number of oxime groups is 1. The molecule has 0 saturated heterocycles. The lowest BCUT2D eigenvalue weighted by Gasteiger charge is -1.92. The molecule has 0 fully saturated rings. The van der Waals surface area contributed by atoms with Gasteiger partial charge in [0.05, 0.1) is 0 Å². The highest BCUT2D eigenvalue weighted by Gasteiger charge is 1.83. The van der Waals surface area contributed by atoms with Gasteiger partial charge in [-0.2, -0.15) is 0 Å². The second kappa shape index (κ2) is 2.87. The van der Waals surface area contributed by atoms with Gasteiger partial charge < -0.3 is 4.84 Å². The average molecular weight is 121 g/mol. The van der Waals surface area contributed by atoms with Crippen molar-refractivity contribution < 1.29 is 4.84 Å². The van der Waals surface area contributed by atoms with Crippen LogP contribution < -0.4 is 4.84 Å². The van der Waals surface area contributed by atoms with Gasteiger partial charge in [0.25, 0.3) is 0 Å². The predicted molar refractivity (Wildman–Crippen MR) is 36.6 cm³/mol. The third kappa shape index (κ3) is 1.57. The van der Waals surface area contributed by atoms with Gasteiger partial charge in [-0.05, 0) is 12.1 Å². The maximum Gasteiger partial charge on any atom is 0.157 e. The smallest absolute Gasteiger partial charge is 0.157 e. The van der Waals surface area contributed by atoms with Crippen LogP contribution in [0.15, 0.2) is 35.5 Å². The molecule has 0 aromatic heterocycles. The van der Waals surface area contributed by atoms with Gasteiger partial charge in [0.15, 0.2) is 5.75 Å². The second-order valence-electron chi connectivity index (χ2n) is 1.53. The molecule has 0 aliphatic rings. The Balaban J connectivity index is 2.72. The largest absolute Gasteiger partial charge is 0.358 e. The van der Waals surface area contributed by atoms with Crippen LogP contribution in [0.5, 0.6) is 5.75 Å². The lowest BCUT2D eigenvalue weighted by molar-refractivity contribution is 0.345. The van der Waals surface area contributed by atoms with Crippen molar-refractivity contribution in [2.45, 2.75) is 0 Å². The summed E-state index contributed by atoms with van der Waals surface area (Å²) in [6.45, 7) is 3.18. The lowest BCUT2D eigenvalue weighted by atomic mass is 10.3. The first kappa shape index (κ1) is 5.82. The Kier molecular flexibility index (Phi) is 1.85. The van der Waals surface area contributed by atoms with Gasteiger partial charge in [-0.15, -0.1) is 0 Å². The van der Waals surface area contributed by atoms with Crippen LogP contribution in [0.3, 0.4) is 0 Å².